The van der Waals surface area contributed by atoms with E-state index in [0.717, 1.165) is 37.8 Å². The van der Waals surface area contributed by atoms with E-state index in [2.05, 4.69) is 12.2 Å². The molecule has 0 radical (unpaired) electrons. The average Bonchev–Trinajstić information content (AvgIpc) is 2.49. The molecule has 0 heterocycles. The molecule has 0 atom stereocenters. The highest BCUT2D eigenvalue weighted by Crippen LogP contribution is 2.24. The van der Waals surface area contributed by atoms with Crippen LogP contribution in [0.4, 0.5) is 4.39 Å². The fraction of sp³-hybridized carbons (Fsp3) is 0.588. The molecule has 0 bridgehead atoms. The molecule has 1 saturated carbocycles. The minimum atomic E-state index is -0.432. The van der Waals surface area contributed by atoms with Crippen LogP contribution in [0.3, 0.4) is 0 Å². The second-order valence-electron chi connectivity index (χ2n) is 5.96. The highest BCUT2D eigenvalue weighted by molar-refractivity contribution is 5.94. The summed E-state index contributed by atoms with van der Waals surface area (Å²) in [5.41, 5.74) is 1.09. The maximum Gasteiger partial charge on any atom is 0.256 e. The van der Waals surface area contributed by atoms with E-state index >= 15 is 0 Å². The summed E-state index contributed by atoms with van der Waals surface area (Å²) < 4.78 is 13.9. The molecule has 0 unspecified atom stereocenters. The van der Waals surface area contributed by atoms with Gasteiger partial charge in [0, 0.05) is 19.1 Å². The van der Waals surface area contributed by atoms with Crippen molar-refractivity contribution in [3.8, 4) is 0 Å². The maximum absolute atomic E-state index is 13.9. The third kappa shape index (κ3) is 3.82. The van der Waals surface area contributed by atoms with Crippen LogP contribution < -0.4 is 5.32 Å². The third-order valence-corrected chi connectivity index (χ3v) is 4.41. The molecule has 0 aromatic heterocycles. The first kappa shape index (κ1) is 16.0. The standard InChI is InChI=1S/C17H25FN2O/c1-4-19-13-6-8-14(9-7-13)20(3)17(21)15-11-12(2)5-10-16(15)18/h5,10-11,13-14,19H,4,6-9H2,1-3H3. The Morgan fingerprint density at radius 3 is 2.62 bits per heavy atom. The number of hydrogen-bond acceptors (Lipinski definition) is 2. The van der Waals surface area contributed by atoms with Gasteiger partial charge in [-0.15, -0.1) is 0 Å². The molecule has 0 spiro atoms. The highest BCUT2D eigenvalue weighted by Gasteiger charge is 2.27. The number of nitrogens with zero attached hydrogens (tertiary/aromatic N) is 1. The number of carbonyl (C=O) groups excluding carboxylic acids is 1. The van der Waals surface area contributed by atoms with E-state index in [1.54, 1.807) is 24.1 Å². The molecule has 3 nitrogen and oxygen atoms in total. The fourth-order valence-electron chi connectivity index (χ4n) is 3.11. The molecule has 1 fully saturated rings. The van der Waals surface area contributed by atoms with Crippen LogP contribution in [-0.2, 0) is 0 Å². The molecule has 116 valence electrons. The van der Waals surface area contributed by atoms with Gasteiger partial charge < -0.3 is 10.2 Å². The molecule has 21 heavy (non-hydrogen) atoms. The van der Waals surface area contributed by atoms with Crippen LogP contribution in [0.15, 0.2) is 18.2 Å². The molecule has 0 saturated heterocycles. The van der Waals surface area contributed by atoms with Crippen LogP contribution in [0.1, 0.15) is 48.5 Å². The molecule has 4 heteroatoms. The first-order valence-electron chi connectivity index (χ1n) is 7.79. The van der Waals surface area contributed by atoms with Gasteiger partial charge in [0.2, 0.25) is 0 Å². The van der Waals surface area contributed by atoms with Crippen molar-refractivity contribution in [2.24, 2.45) is 0 Å². The summed E-state index contributed by atoms with van der Waals surface area (Å²) >= 11 is 0. The second kappa shape index (κ2) is 7.03. The number of hydrogen-bond donors (Lipinski definition) is 1. The van der Waals surface area contributed by atoms with Crippen LogP contribution in [0.2, 0.25) is 0 Å². The zero-order valence-corrected chi connectivity index (χ0v) is 13.2. The SMILES string of the molecule is CCNC1CCC(N(C)C(=O)c2cc(C)ccc2F)CC1. The zero-order chi connectivity index (χ0) is 15.4. The van der Waals surface area contributed by atoms with Crippen molar-refractivity contribution in [2.45, 2.75) is 51.6 Å². The lowest BCUT2D eigenvalue weighted by Crippen LogP contribution is -2.43. The minimum absolute atomic E-state index is 0.186. The van der Waals surface area contributed by atoms with Gasteiger partial charge in [0.15, 0.2) is 0 Å². The summed E-state index contributed by atoms with van der Waals surface area (Å²) in [6, 6.07) is 5.47. The van der Waals surface area contributed by atoms with Crippen LogP contribution >= 0.6 is 0 Å². The number of aryl methyl sites for hydroxylation is 1. The van der Waals surface area contributed by atoms with Gasteiger partial charge in [-0.05, 0) is 51.3 Å². The van der Waals surface area contributed by atoms with Crippen molar-refractivity contribution in [1.82, 2.24) is 10.2 Å². The van der Waals surface area contributed by atoms with Gasteiger partial charge >= 0.3 is 0 Å². The number of nitrogens with one attached hydrogen (secondary N) is 1. The molecule has 2 rings (SSSR count). The maximum atomic E-state index is 13.9. The predicted molar refractivity (Wildman–Crippen MR) is 83.0 cm³/mol. The monoisotopic (exact) mass is 292 g/mol. The number of rotatable bonds is 4. The Morgan fingerprint density at radius 2 is 2.00 bits per heavy atom. The van der Waals surface area contributed by atoms with Gasteiger partial charge in [-0.25, -0.2) is 4.39 Å². The summed E-state index contributed by atoms with van der Waals surface area (Å²) in [5, 5.41) is 3.46. The lowest BCUT2D eigenvalue weighted by molar-refractivity contribution is 0.0680. The molecule has 1 amide bonds. The zero-order valence-electron chi connectivity index (χ0n) is 13.2. The Morgan fingerprint density at radius 1 is 1.33 bits per heavy atom. The Kier molecular flexibility index (Phi) is 5.34. The lowest BCUT2D eigenvalue weighted by Gasteiger charge is -2.35. The van der Waals surface area contributed by atoms with Crippen molar-refractivity contribution in [1.29, 1.82) is 0 Å². The van der Waals surface area contributed by atoms with E-state index in [4.69, 9.17) is 0 Å². The van der Waals surface area contributed by atoms with Crippen LogP contribution in [0, 0.1) is 12.7 Å². The molecular weight excluding hydrogens is 267 g/mol. The summed E-state index contributed by atoms with van der Waals surface area (Å²) in [4.78, 5) is 14.2. The number of halogens is 1. The molecule has 1 aromatic rings. The topological polar surface area (TPSA) is 32.3 Å². The molecule has 0 aliphatic heterocycles. The van der Waals surface area contributed by atoms with Crippen molar-refractivity contribution in [2.75, 3.05) is 13.6 Å². The Labute approximate surface area is 126 Å². The smallest absolute Gasteiger partial charge is 0.256 e. The molecule has 1 N–H and O–H groups in total. The van der Waals surface area contributed by atoms with Crippen molar-refractivity contribution in [3.05, 3.63) is 35.1 Å². The average molecular weight is 292 g/mol. The number of carbonyl (C=O) groups is 1. The molecule has 1 aliphatic rings. The van der Waals surface area contributed by atoms with Gasteiger partial charge in [-0.3, -0.25) is 4.79 Å². The number of benzene rings is 1. The van der Waals surface area contributed by atoms with E-state index in [1.165, 1.54) is 6.07 Å². The lowest BCUT2D eigenvalue weighted by atomic mass is 9.90. The first-order valence-corrected chi connectivity index (χ1v) is 7.79. The van der Waals surface area contributed by atoms with Crippen molar-refractivity contribution in [3.63, 3.8) is 0 Å². The normalized spacial score (nSPS) is 22.1. The van der Waals surface area contributed by atoms with E-state index in [1.807, 2.05) is 6.92 Å². The van der Waals surface area contributed by atoms with Crippen molar-refractivity contribution < 1.29 is 9.18 Å². The van der Waals surface area contributed by atoms with Gasteiger partial charge in [-0.1, -0.05) is 18.6 Å². The highest BCUT2D eigenvalue weighted by atomic mass is 19.1. The largest absolute Gasteiger partial charge is 0.339 e. The van der Waals surface area contributed by atoms with Crippen LogP contribution in [-0.4, -0.2) is 36.5 Å². The first-order chi connectivity index (χ1) is 10.0. The van der Waals surface area contributed by atoms with Crippen molar-refractivity contribution >= 4 is 5.91 Å². The van der Waals surface area contributed by atoms with Gasteiger partial charge in [0.05, 0.1) is 5.56 Å². The molecule has 1 aromatic carbocycles. The van der Waals surface area contributed by atoms with Gasteiger partial charge in [-0.2, -0.15) is 0 Å². The molecular formula is C17H25FN2O. The fourth-order valence-corrected chi connectivity index (χ4v) is 3.11. The Hall–Kier alpha value is -1.42. The van der Waals surface area contributed by atoms with Gasteiger partial charge in [0.25, 0.3) is 5.91 Å². The Bertz CT molecular complexity index is 496. The predicted octanol–water partition coefficient (Wildman–Crippen LogP) is 3.13. The summed E-state index contributed by atoms with van der Waals surface area (Å²) in [7, 11) is 1.79. The second-order valence-corrected chi connectivity index (χ2v) is 5.96. The minimum Gasteiger partial charge on any atom is -0.339 e. The quantitative estimate of drug-likeness (QED) is 0.924. The third-order valence-electron chi connectivity index (χ3n) is 4.41. The Balaban J connectivity index is 2.01. The van der Waals surface area contributed by atoms with E-state index in [0.29, 0.717) is 6.04 Å². The molecule has 1 aliphatic carbocycles. The van der Waals surface area contributed by atoms with Crippen LogP contribution in [0.25, 0.3) is 0 Å². The van der Waals surface area contributed by atoms with Crippen LogP contribution in [0.5, 0.6) is 0 Å². The van der Waals surface area contributed by atoms with Gasteiger partial charge in [0.1, 0.15) is 5.82 Å². The van der Waals surface area contributed by atoms with E-state index in [9.17, 15) is 9.18 Å². The summed E-state index contributed by atoms with van der Waals surface area (Å²) in [5.74, 6) is -0.637. The van der Waals surface area contributed by atoms with E-state index < -0.39 is 5.82 Å². The summed E-state index contributed by atoms with van der Waals surface area (Å²) in [6.45, 7) is 4.97. The number of amides is 1. The summed E-state index contributed by atoms with van der Waals surface area (Å²) in [6.07, 6.45) is 4.11. The van der Waals surface area contributed by atoms with E-state index in [-0.39, 0.29) is 17.5 Å².